The van der Waals surface area contributed by atoms with E-state index in [0.29, 0.717) is 0 Å². The molecular formula is C15H18O. The highest BCUT2D eigenvalue weighted by molar-refractivity contribution is 5.19. The van der Waals surface area contributed by atoms with E-state index in [4.69, 9.17) is 0 Å². The molecule has 0 aliphatic rings. The Morgan fingerprint density at radius 1 is 1.19 bits per heavy atom. The number of hydrogen-bond acceptors (Lipinski definition) is 1. The molecule has 0 aromatic heterocycles. The summed E-state index contributed by atoms with van der Waals surface area (Å²) in [6.07, 6.45) is 7.68. The van der Waals surface area contributed by atoms with E-state index in [0.717, 1.165) is 12.0 Å². The van der Waals surface area contributed by atoms with Crippen molar-refractivity contribution in [2.24, 2.45) is 5.92 Å². The van der Waals surface area contributed by atoms with Gasteiger partial charge in [0.1, 0.15) is 0 Å². The second kappa shape index (κ2) is 6.81. The summed E-state index contributed by atoms with van der Waals surface area (Å²) in [7, 11) is 0. The number of hydrogen-bond donors (Lipinski definition) is 1. The fraction of sp³-hybridized carbons (Fsp3) is 0.200. The molecule has 1 rings (SSSR count). The third-order valence-corrected chi connectivity index (χ3v) is 2.53. The highest BCUT2D eigenvalue weighted by Crippen LogP contribution is 2.25. The Kier molecular flexibility index (Phi) is 5.30. The van der Waals surface area contributed by atoms with Crippen molar-refractivity contribution in [1.29, 1.82) is 0 Å². The predicted molar refractivity (Wildman–Crippen MR) is 69.0 cm³/mol. The Labute approximate surface area is 97.4 Å². The molecule has 0 bridgehead atoms. The van der Waals surface area contributed by atoms with Crippen molar-refractivity contribution in [2.75, 3.05) is 0 Å². The normalized spacial score (nSPS) is 14.6. The Hall–Kier alpha value is -1.60. The zero-order chi connectivity index (χ0) is 11.8. The molecule has 2 unspecified atom stereocenters. The number of aliphatic hydroxyl groups excluding tert-OH is 1. The lowest BCUT2D eigenvalue weighted by atomic mass is 9.93. The topological polar surface area (TPSA) is 20.2 Å². The first-order chi connectivity index (χ1) is 7.79. The summed E-state index contributed by atoms with van der Waals surface area (Å²) in [4.78, 5) is 0. The summed E-state index contributed by atoms with van der Waals surface area (Å²) >= 11 is 0. The van der Waals surface area contributed by atoms with Gasteiger partial charge in [-0.1, -0.05) is 61.2 Å². The van der Waals surface area contributed by atoms with E-state index < -0.39 is 6.10 Å². The van der Waals surface area contributed by atoms with Gasteiger partial charge < -0.3 is 5.11 Å². The van der Waals surface area contributed by atoms with Gasteiger partial charge in [-0.25, -0.2) is 0 Å². The van der Waals surface area contributed by atoms with Crippen molar-refractivity contribution in [3.8, 4) is 0 Å². The number of aliphatic hydroxyl groups is 1. The van der Waals surface area contributed by atoms with E-state index in [1.54, 1.807) is 12.2 Å². The van der Waals surface area contributed by atoms with Crippen LogP contribution in [0, 0.1) is 5.92 Å². The molecule has 0 fully saturated rings. The summed E-state index contributed by atoms with van der Waals surface area (Å²) in [6.45, 7) is 7.38. The molecule has 0 saturated heterocycles. The lowest BCUT2D eigenvalue weighted by molar-refractivity contribution is 0.133. The summed E-state index contributed by atoms with van der Waals surface area (Å²) in [6, 6.07) is 9.66. The van der Waals surface area contributed by atoms with Crippen LogP contribution in [-0.2, 0) is 0 Å². The Morgan fingerprint density at radius 3 is 2.44 bits per heavy atom. The van der Waals surface area contributed by atoms with Gasteiger partial charge in [0, 0.05) is 5.92 Å². The maximum Gasteiger partial charge on any atom is 0.0855 e. The molecule has 0 radical (unpaired) electrons. The lowest BCUT2D eigenvalue weighted by Crippen LogP contribution is -2.09. The summed E-state index contributed by atoms with van der Waals surface area (Å²) in [5.41, 5.74) is 0.930. The lowest BCUT2D eigenvalue weighted by Gasteiger charge is -2.18. The van der Waals surface area contributed by atoms with Crippen LogP contribution in [0.5, 0.6) is 0 Å². The van der Waals surface area contributed by atoms with Gasteiger partial charge in [-0.05, 0) is 12.0 Å². The molecule has 16 heavy (non-hydrogen) atoms. The van der Waals surface area contributed by atoms with E-state index in [1.807, 2.05) is 42.5 Å². The van der Waals surface area contributed by atoms with Gasteiger partial charge in [-0.15, -0.1) is 6.58 Å². The minimum Gasteiger partial charge on any atom is -0.388 e. The predicted octanol–water partition coefficient (Wildman–Crippen LogP) is 3.65. The maximum absolute atomic E-state index is 10.1. The number of benzene rings is 1. The van der Waals surface area contributed by atoms with E-state index in [1.165, 1.54) is 0 Å². The van der Waals surface area contributed by atoms with Gasteiger partial charge >= 0.3 is 0 Å². The first-order valence-corrected chi connectivity index (χ1v) is 5.42. The fourth-order valence-electron chi connectivity index (χ4n) is 1.58. The van der Waals surface area contributed by atoms with Crippen molar-refractivity contribution >= 4 is 0 Å². The first-order valence-electron chi connectivity index (χ1n) is 5.42. The Balaban J connectivity index is 2.69. The molecule has 1 aromatic carbocycles. The third-order valence-electron chi connectivity index (χ3n) is 2.53. The van der Waals surface area contributed by atoms with Crippen LogP contribution in [0.3, 0.4) is 0 Å². The van der Waals surface area contributed by atoms with Gasteiger partial charge in [0.2, 0.25) is 0 Å². The Bertz CT molecular complexity index is 351. The van der Waals surface area contributed by atoms with Crippen LogP contribution >= 0.6 is 0 Å². The largest absolute Gasteiger partial charge is 0.388 e. The molecule has 2 atom stereocenters. The van der Waals surface area contributed by atoms with Crippen LogP contribution in [-0.4, -0.2) is 5.11 Å². The van der Waals surface area contributed by atoms with Crippen LogP contribution in [0.4, 0.5) is 0 Å². The van der Waals surface area contributed by atoms with Gasteiger partial charge in [-0.2, -0.15) is 0 Å². The third kappa shape index (κ3) is 3.52. The highest BCUT2D eigenvalue weighted by atomic mass is 16.3. The van der Waals surface area contributed by atoms with E-state index in [2.05, 4.69) is 13.2 Å². The van der Waals surface area contributed by atoms with Crippen LogP contribution in [0.1, 0.15) is 18.1 Å². The SMILES string of the molecule is C=C/C=C/CC(C=C)C(O)c1ccccc1. The Morgan fingerprint density at radius 2 is 1.88 bits per heavy atom. The maximum atomic E-state index is 10.1. The minimum absolute atomic E-state index is 0.0404. The summed E-state index contributed by atoms with van der Waals surface area (Å²) in [5.74, 6) is 0.0404. The van der Waals surface area contributed by atoms with Gasteiger partial charge in [-0.3, -0.25) is 0 Å². The van der Waals surface area contributed by atoms with E-state index in [9.17, 15) is 5.11 Å². The second-order valence-corrected chi connectivity index (χ2v) is 3.65. The highest BCUT2D eigenvalue weighted by Gasteiger charge is 2.15. The van der Waals surface area contributed by atoms with Crippen molar-refractivity contribution in [3.63, 3.8) is 0 Å². The van der Waals surface area contributed by atoms with E-state index in [-0.39, 0.29) is 5.92 Å². The second-order valence-electron chi connectivity index (χ2n) is 3.65. The molecule has 1 nitrogen and oxygen atoms in total. The molecule has 0 aliphatic heterocycles. The summed E-state index contributed by atoms with van der Waals surface area (Å²) in [5, 5.41) is 10.1. The molecule has 84 valence electrons. The number of rotatable bonds is 6. The zero-order valence-electron chi connectivity index (χ0n) is 9.42. The zero-order valence-corrected chi connectivity index (χ0v) is 9.42. The molecular weight excluding hydrogens is 196 g/mol. The van der Waals surface area contributed by atoms with Crippen molar-refractivity contribution in [1.82, 2.24) is 0 Å². The standard InChI is InChI=1S/C15H18O/c1-3-5-7-10-13(4-2)15(16)14-11-8-6-9-12-14/h3-9,11-13,15-16H,1-2,10H2/b7-5+. The quantitative estimate of drug-likeness (QED) is 0.566. The number of allylic oxidation sites excluding steroid dienone is 3. The average molecular weight is 214 g/mol. The van der Waals surface area contributed by atoms with Crippen LogP contribution < -0.4 is 0 Å². The smallest absolute Gasteiger partial charge is 0.0855 e. The monoisotopic (exact) mass is 214 g/mol. The van der Waals surface area contributed by atoms with E-state index >= 15 is 0 Å². The van der Waals surface area contributed by atoms with Crippen molar-refractivity contribution in [2.45, 2.75) is 12.5 Å². The molecule has 0 amide bonds. The molecule has 1 heteroatoms. The van der Waals surface area contributed by atoms with Crippen LogP contribution in [0.2, 0.25) is 0 Å². The average Bonchev–Trinajstić information content (AvgIpc) is 2.35. The molecule has 0 spiro atoms. The molecule has 0 aliphatic carbocycles. The molecule has 0 heterocycles. The van der Waals surface area contributed by atoms with Crippen LogP contribution in [0.15, 0.2) is 67.8 Å². The van der Waals surface area contributed by atoms with Gasteiger partial charge in [0.25, 0.3) is 0 Å². The molecule has 1 aromatic rings. The fourth-order valence-corrected chi connectivity index (χ4v) is 1.58. The summed E-state index contributed by atoms with van der Waals surface area (Å²) < 4.78 is 0. The van der Waals surface area contributed by atoms with Crippen molar-refractivity contribution in [3.05, 3.63) is 73.4 Å². The van der Waals surface area contributed by atoms with Crippen molar-refractivity contribution < 1.29 is 5.11 Å². The molecule has 1 N–H and O–H groups in total. The first kappa shape index (κ1) is 12.5. The van der Waals surface area contributed by atoms with Gasteiger partial charge in [0.15, 0.2) is 0 Å². The van der Waals surface area contributed by atoms with Crippen LogP contribution in [0.25, 0.3) is 0 Å². The minimum atomic E-state index is -0.492. The van der Waals surface area contributed by atoms with Gasteiger partial charge in [0.05, 0.1) is 6.10 Å². The molecule has 0 saturated carbocycles.